The molecule has 0 aromatic heterocycles. The molecular weight excluding hydrogens is 484 g/mol. The first-order valence-electron chi connectivity index (χ1n) is 13.5. The van der Waals surface area contributed by atoms with Crippen molar-refractivity contribution in [2.75, 3.05) is 26.6 Å². The molecule has 0 N–H and O–H groups in total. The minimum Gasteiger partial charge on any atom is -0.478 e. The van der Waals surface area contributed by atoms with Crippen LogP contribution in [0.25, 0.3) is 0 Å². The van der Waals surface area contributed by atoms with Crippen molar-refractivity contribution in [1.29, 1.82) is 0 Å². The number of hydrogen-bond acceptors (Lipinski definition) is 6. The van der Waals surface area contributed by atoms with Crippen LogP contribution in [0.4, 0.5) is 0 Å². The normalized spacial score (nSPS) is 19.6. The summed E-state index contributed by atoms with van der Waals surface area (Å²) in [6.45, 7) is 16.5. The molecule has 0 radical (unpaired) electrons. The molecule has 0 aliphatic carbocycles. The van der Waals surface area contributed by atoms with Crippen molar-refractivity contribution < 1.29 is 9.47 Å². The van der Waals surface area contributed by atoms with Crippen LogP contribution in [0.2, 0.25) is 0 Å². The number of thiol groups is 2. The molecule has 2 aliphatic heterocycles. The van der Waals surface area contributed by atoms with Crippen LogP contribution >= 0.6 is 25.3 Å². The molecule has 2 aromatic rings. The zero-order valence-electron chi connectivity index (χ0n) is 22.7. The Morgan fingerprint density at radius 2 is 1.22 bits per heavy atom. The molecule has 2 aliphatic rings. The van der Waals surface area contributed by atoms with Crippen LogP contribution in [0.15, 0.2) is 36.4 Å². The van der Waals surface area contributed by atoms with Crippen LogP contribution in [0, 0.1) is 5.92 Å². The topological polar surface area (TPSA) is 24.9 Å². The first-order chi connectivity index (χ1) is 17.1. The molecule has 0 saturated carbocycles. The van der Waals surface area contributed by atoms with Gasteiger partial charge in [0, 0.05) is 53.2 Å². The van der Waals surface area contributed by atoms with Gasteiger partial charge in [0.25, 0.3) is 0 Å². The number of rotatable bonds is 10. The van der Waals surface area contributed by atoms with E-state index in [4.69, 9.17) is 9.47 Å². The summed E-state index contributed by atoms with van der Waals surface area (Å²) in [5.41, 5.74) is 5.20. The maximum atomic E-state index is 6.12. The average Bonchev–Trinajstić information content (AvgIpc) is 2.84. The van der Waals surface area contributed by atoms with Gasteiger partial charge in [0.15, 0.2) is 0 Å². The molecule has 2 atom stereocenters. The van der Waals surface area contributed by atoms with Gasteiger partial charge in [-0.25, -0.2) is 0 Å². The van der Waals surface area contributed by atoms with Gasteiger partial charge in [0.05, 0.1) is 0 Å². The van der Waals surface area contributed by atoms with E-state index in [-0.39, 0.29) is 5.41 Å². The highest BCUT2D eigenvalue weighted by molar-refractivity contribution is 7.81. The smallest absolute Gasteiger partial charge is 0.142 e. The lowest BCUT2D eigenvalue weighted by Gasteiger charge is -2.36. The Kier molecular flexibility index (Phi) is 9.24. The Morgan fingerprint density at radius 1 is 0.778 bits per heavy atom. The van der Waals surface area contributed by atoms with Crippen LogP contribution in [0.1, 0.15) is 76.1 Å². The highest BCUT2D eigenvalue weighted by atomic mass is 32.1. The summed E-state index contributed by atoms with van der Waals surface area (Å²) in [6, 6.07) is 13.7. The van der Waals surface area contributed by atoms with Gasteiger partial charge >= 0.3 is 0 Å². The molecule has 0 amide bonds. The molecule has 2 aromatic carbocycles. The minimum atomic E-state index is -0.0952. The number of benzene rings is 2. The number of fused-ring (bicyclic) bond motifs is 2. The van der Waals surface area contributed by atoms with Gasteiger partial charge in [-0.05, 0) is 60.6 Å². The lowest BCUT2D eigenvalue weighted by molar-refractivity contribution is 0.0942. The Bertz CT molecular complexity index is 951. The first-order valence-corrected chi connectivity index (χ1v) is 14.5. The predicted molar refractivity (Wildman–Crippen MR) is 157 cm³/mol. The van der Waals surface area contributed by atoms with E-state index >= 15 is 0 Å². The van der Waals surface area contributed by atoms with Crippen molar-refractivity contribution in [3.8, 4) is 11.5 Å². The molecule has 4 rings (SSSR count). The Morgan fingerprint density at radius 3 is 1.61 bits per heavy atom. The summed E-state index contributed by atoms with van der Waals surface area (Å²) in [7, 11) is 0. The summed E-state index contributed by atoms with van der Waals surface area (Å²) in [5, 5.41) is 0.801. The van der Waals surface area contributed by atoms with Crippen molar-refractivity contribution in [3.05, 3.63) is 58.7 Å². The van der Waals surface area contributed by atoms with Gasteiger partial charge in [-0.15, -0.1) is 0 Å². The van der Waals surface area contributed by atoms with Gasteiger partial charge in [-0.1, -0.05) is 46.8 Å². The molecule has 36 heavy (non-hydrogen) atoms. The molecule has 0 fully saturated rings. The van der Waals surface area contributed by atoms with E-state index in [1.165, 1.54) is 22.3 Å². The fourth-order valence-electron chi connectivity index (χ4n) is 5.51. The van der Waals surface area contributed by atoms with Gasteiger partial charge < -0.3 is 9.47 Å². The fourth-order valence-corrected chi connectivity index (χ4v) is 5.74. The van der Waals surface area contributed by atoms with Crippen molar-refractivity contribution in [3.63, 3.8) is 0 Å². The largest absolute Gasteiger partial charge is 0.478 e. The molecular formula is C30H44N2O2S2. The van der Waals surface area contributed by atoms with Crippen LogP contribution in [0.3, 0.4) is 0 Å². The Hall–Kier alpha value is -1.34. The molecule has 0 bridgehead atoms. The van der Waals surface area contributed by atoms with Gasteiger partial charge in [0.1, 0.15) is 25.0 Å². The van der Waals surface area contributed by atoms with E-state index in [0.29, 0.717) is 29.9 Å². The number of ether oxygens (including phenoxy) is 2. The van der Waals surface area contributed by atoms with E-state index in [2.05, 4.69) is 106 Å². The quantitative estimate of drug-likeness (QED) is 0.333. The maximum absolute atomic E-state index is 6.12. The predicted octanol–water partition coefficient (Wildman–Crippen LogP) is 6.76. The van der Waals surface area contributed by atoms with Crippen LogP contribution < -0.4 is 9.47 Å². The molecule has 2 unspecified atom stereocenters. The van der Waals surface area contributed by atoms with E-state index < -0.39 is 0 Å². The molecule has 0 spiro atoms. The highest BCUT2D eigenvalue weighted by Crippen LogP contribution is 2.42. The second kappa shape index (κ2) is 12.0. The summed E-state index contributed by atoms with van der Waals surface area (Å²) in [5.74, 6) is 2.61. The third-order valence-corrected chi connectivity index (χ3v) is 8.05. The monoisotopic (exact) mass is 528 g/mol. The van der Waals surface area contributed by atoms with Crippen molar-refractivity contribution in [2.24, 2.45) is 5.92 Å². The van der Waals surface area contributed by atoms with Gasteiger partial charge in [-0.3, -0.25) is 9.80 Å². The summed E-state index contributed by atoms with van der Waals surface area (Å²) in [4.78, 5) is 4.77. The maximum Gasteiger partial charge on any atom is 0.142 e. The molecule has 2 heterocycles. The number of nitrogens with zero attached hydrogens (tertiary/aromatic N) is 2. The van der Waals surface area contributed by atoms with E-state index in [9.17, 15) is 0 Å². The van der Waals surface area contributed by atoms with E-state index in [0.717, 1.165) is 56.9 Å². The lowest BCUT2D eigenvalue weighted by atomic mass is 9.70. The minimum absolute atomic E-state index is 0.0952. The van der Waals surface area contributed by atoms with Crippen LogP contribution in [-0.4, -0.2) is 46.9 Å². The number of hydrogen-bond donors (Lipinski definition) is 2. The molecule has 4 nitrogen and oxygen atoms in total. The zero-order chi connectivity index (χ0) is 25.9. The Labute approximate surface area is 229 Å². The van der Waals surface area contributed by atoms with E-state index in [1.807, 2.05) is 0 Å². The fraction of sp³-hybridized carbons (Fsp3) is 0.600. The van der Waals surface area contributed by atoms with Gasteiger partial charge in [0.2, 0.25) is 0 Å². The van der Waals surface area contributed by atoms with Gasteiger partial charge in [-0.2, -0.15) is 25.3 Å². The van der Waals surface area contributed by atoms with Crippen molar-refractivity contribution in [2.45, 2.75) is 82.9 Å². The van der Waals surface area contributed by atoms with E-state index in [1.54, 1.807) is 0 Å². The summed E-state index contributed by atoms with van der Waals surface area (Å²) >= 11 is 9.11. The van der Waals surface area contributed by atoms with Crippen molar-refractivity contribution >= 4 is 25.3 Å². The first kappa shape index (κ1) is 27.7. The lowest BCUT2D eigenvalue weighted by Crippen LogP contribution is -2.35. The summed E-state index contributed by atoms with van der Waals surface area (Å²) < 4.78 is 12.2. The standard InChI is InChI=1S/C30H44N2O2S2/c1-21(2)16-30(5,26-6-8-28-24(14-26)17-31(19-33-28)12-10-22(3)35)27-7-9-29-25(15-27)18-32(20-34-29)13-11-23(4)36/h6-9,14-15,21-23,35-36H,10-13,16-20H2,1-5H3. The molecule has 6 heteroatoms. The van der Waals surface area contributed by atoms with Crippen LogP contribution in [-0.2, 0) is 18.5 Å². The zero-order valence-corrected chi connectivity index (χ0v) is 24.5. The third kappa shape index (κ3) is 6.75. The highest BCUT2D eigenvalue weighted by Gasteiger charge is 2.33. The molecule has 198 valence electrons. The SMILES string of the molecule is CC(C)CC(C)(c1ccc2c(c1)CN(CCC(C)S)CO2)c1ccc2c(c1)CN(CCC(C)S)CO2. The van der Waals surface area contributed by atoms with Crippen molar-refractivity contribution in [1.82, 2.24) is 9.80 Å². The Balaban J connectivity index is 1.61. The second-order valence-corrected chi connectivity index (χ2v) is 13.3. The average molecular weight is 529 g/mol. The third-order valence-electron chi connectivity index (χ3n) is 7.53. The molecule has 0 saturated heterocycles. The van der Waals surface area contributed by atoms with Crippen LogP contribution in [0.5, 0.6) is 11.5 Å². The summed E-state index contributed by atoms with van der Waals surface area (Å²) in [6.07, 6.45) is 3.20. The second-order valence-electron chi connectivity index (χ2n) is 11.5.